The summed E-state index contributed by atoms with van der Waals surface area (Å²) in [6.45, 7) is 5.05. The molecule has 0 aliphatic heterocycles. The Balaban J connectivity index is 1.67. The SMILES string of the molecule is CCCO/N=C(\COc1ccc(CC(OCC)C(=O)OC)cc1)c1csc(-c2ccccc2)n1. The first-order valence-corrected chi connectivity index (χ1v) is 12.1. The molecule has 1 unspecified atom stereocenters. The van der Waals surface area contributed by atoms with Gasteiger partial charge < -0.3 is 19.0 Å². The Bertz CT molecular complexity index is 1050. The van der Waals surface area contributed by atoms with Crippen LogP contribution in [0.4, 0.5) is 0 Å². The van der Waals surface area contributed by atoms with E-state index in [1.54, 1.807) is 11.3 Å². The predicted octanol–water partition coefficient (Wildman–Crippen LogP) is 5.14. The van der Waals surface area contributed by atoms with Gasteiger partial charge in [0.15, 0.2) is 6.10 Å². The summed E-state index contributed by atoms with van der Waals surface area (Å²) in [6.07, 6.45) is 0.666. The van der Waals surface area contributed by atoms with Gasteiger partial charge in [-0.05, 0) is 31.0 Å². The number of methoxy groups -OCH3 is 1. The number of hydrogen-bond acceptors (Lipinski definition) is 8. The standard InChI is InChI=1S/C26H30N2O5S/c1-4-15-33-28-22(23-18-34-25(27-23)20-9-7-6-8-10-20)17-32-21-13-11-19(12-14-21)16-24(31-5-2)26(29)30-3/h6-14,18,24H,4-5,15-17H2,1-3H3/b28-22+. The van der Waals surface area contributed by atoms with Crippen molar-refractivity contribution in [2.45, 2.75) is 32.8 Å². The Kier molecular flexibility index (Phi) is 10.1. The molecule has 0 aliphatic carbocycles. The molecule has 0 spiro atoms. The summed E-state index contributed by atoms with van der Waals surface area (Å²) in [5, 5.41) is 7.16. The maximum atomic E-state index is 11.9. The van der Waals surface area contributed by atoms with E-state index >= 15 is 0 Å². The van der Waals surface area contributed by atoms with Crippen LogP contribution in [-0.2, 0) is 25.5 Å². The third-order valence-corrected chi connectivity index (χ3v) is 5.73. The van der Waals surface area contributed by atoms with Gasteiger partial charge in [-0.25, -0.2) is 9.78 Å². The van der Waals surface area contributed by atoms with E-state index in [2.05, 4.69) is 5.16 Å². The highest BCUT2D eigenvalue weighted by Crippen LogP contribution is 2.24. The van der Waals surface area contributed by atoms with E-state index in [9.17, 15) is 4.79 Å². The Hall–Kier alpha value is -3.23. The molecule has 1 aromatic heterocycles. The molecule has 0 N–H and O–H groups in total. The van der Waals surface area contributed by atoms with Crippen molar-refractivity contribution < 1.29 is 23.8 Å². The van der Waals surface area contributed by atoms with Crippen LogP contribution in [-0.4, -0.2) is 49.7 Å². The Labute approximate surface area is 204 Å². The van der Waals surface area contributed by atoms with Gasteiger partial charge in [-0.2, -0.15) is 0 Å². The maximum Gasteiger partial charge on any atom is 0.335 e. The third-order valence-electron chi connectivity index (χ3n) is 4.84. The summed E-state index contributed by atoms with van der Waals surface area (Å²) in [7, 11) is 1.36. The molecule has 3 aromatic rings. The average molecular weight is 483 g/mol. The average Bonchev–Trinajstić information content (AvgIpc) is 3.37. The fourth-order valence-electron chi connectivity index (χ4n) is 3.11. The second-order valence-electron chi connectivity index (χ2n) is 7.38. The molecule has 34 heavy (non-hydrogen) atoms. The fourth-order valence-corrected chi connectivity index (χ4v) is 3.95. The van der Waals surface area contributed by atoms with E-state index in [-0.39, 0.29) is 12.6 Å². The lowest BCUT2D eigenvalue weighted by molar-refractivity contribution is -0.153. The minimum atomic E-state index is -0.625. The summed E-state index contributed by atoms with van der Waals surface area (Å²) in [4.78, 5) is 22.1. The van der Waals surface area contributed by atoms with Crippen LogP contribution in [0.1, 0.15) is 31.5 Å². The van der Waals surface area contributed by atoms with E-state index in [0.29, 0.717) is 31.1 Å². The first-order chi connectivity index (χ1) is 16.6. The zero-order valence-electron chi connectivity index (χ0n) is 19.7. The predicted molar refractivity (Wildman–Crippen MR) is 133 cm³/mol. The molecular formula is C26H30N2O5S. The van der Waals surface area contributed by atoms with E-state index in [1.807, 2.05) is 73.8 Å². The molecule has 0 radical (unpaired) electrons. The second-order valence-corrected chi connectivity index (χ2v) is 8.24. The molecule has 0 aliphatic rings. The monoisotopic (exact) mass is 482 g/mol. The number of hydrogen-bond donors (Lipinski definition) is 0. The highest BCUT2D eigenvalue weighted by Gasteiger charge is 2.20. The number of nitrogens with zero attached hydrogens (tertiary/aromatic N) is 2. The summed E-state index contributed by atoms with van der Waals surface area (Å²) in [5.41, 5.74) is 3.36. The van der Waals surface area contributed by atoms with Crippen molar-refractivity contribution in [3.63, 3.8) is 0 Å². The van der Waals surface area contributed by atoms with Crippen molar-refractivity contribution >= 4 is 23.0 Å². The lowest BCUT2D eigenvalue weighted by Gasteiger charge is -2.15. The maximum absolute atomic E-state index is 11.9. The third kappa shape index (κ3) is 7.40. The molecule has 180 valence electrons. The van der Waals surface area contributed by atoms with Gasteiger partial charge in [0.2, 0.25) is 0 Å². The first kappa shape index (κ1) is 25.4. The van der Waals surface area contributed by atoms with Gasteiger partial charge >= 0.3 is 5.97 Å². The second kappa shape index (κ2) is 13.5. The Morgan fingerprint density at radius 2 is 1.85 bits per heavy atom. The van der Waals surface area contributed by atoms with Gasteiger partial charge in [0.05, 0.1) is 7.11 Å². The largest absolute Gasteiger partial charge is 0.487 e. The fraction of sp³-hybridized carbons (Fsp3) is 0.346. The lowest BCUT2D eigenvalue weighted by Crippen LogP contribution is -2.28. The summed E-state index contributed by atoms with van der Waals surface area (Å²) in [5.74, 6) is 0.296. The first-order valence-electron chi connectivity index (χ1n) is 11.3. The normalized spacial score (nSPS) is 12.3. The number of benzene rings is 2. The van der Waals surface area contributed by atoms with Gasteiger partial charge in [0, 0.05) is 24.0 Å². The van der Waals surface area contributed by atoms with Gasteiger partial charge in [0.1, 0.15) is 35.4 Å². The van der Waals surface area contributed by atoms with Crippen LogP contribution in [0.2, 0.25) is 0 Å². The van der Waals surface area contributed by atoms with Crippen LogP contribution >= 0.6 is 11.3 Å². The number of carbonyl (C=O) groups is 1. The van der Waals surface area contributed by atoms with Crippen molar-refractivity contribution in [1.82, 2.24) is 4.98 Å². The van der Waals surface area contributed by atoms with Crippen LogP contribution < -0.4 is 4.74 Å². The van der Waals surface area contributed by atoms with E-state index in [0.717, 1.165) is 28.2 Å². The summed E-state index contributed by atoms with van der Waals surface area (Å²) in [6, 6.07) is 17.6. The zero-order valence-corrected chi connectivity index (χ0v) is 20.5. The number of oxime groups is 1. The van der Waals surface area contributed by atoms with Gasteiger partial charge in [-0.1, -0.05) is 54.5 Å². The van der Waals surface area contributed by atoms with Crippen molar-refractivity contribution in [2.75, 3.05) is 26.9 Å². The van der Waals surface area contributed by atoms with E-state index in [4.69, 9.17) is 24.0 Å². The molecule has 0 fully saturated rings. The van der Waals surface area contributed by atoms with Crippen molar-refractivity contribution in [1.29, 1.82) is 0 Å². The highest BCUT2D eigenvalue weighted by molar-refractivity contribution is 7.13. The molecule has 3 rings (SSSR count). The van der Waals surface area contributed by atoms with E-state index in [1.165, 1.54) is 7.11 Å². The van der Waals surface area contributed by atoms with Gasteiger partial charge in [-0.15, -0.1) is 11.3 Å². The molecule has 0 saturated carbocycles. The number of esters is 1. The van der Waals surface area contributed by atoms with E-state index < -0.39 is 6.10 Å². The minimum Gasteiger partial charge on any atom is -0.487 e. The van der Waals surface area contributed by atoms with Crippen LogP contribution in [0.15, 0.2) is 65.1 Å². The van der Waals surface area contributed by atoms with Crippen LogP contribution in [0.25, 0.3) is 10.6 Å². The smallest absolute Gasteiger partial charge is 0.335 e. The quantitative estimate of drug-likeness (QED) is 0.145. The summed E-state index contributed by atoms with van der Waals surface area (Å²) >= 11 is 1.55. The molecule has 0 saturated heterocycles. The molecule has 2 aromatic carbocycles. The van der Waals surface area contributed by atoms with Crippen molar-refractivity contribution in [2.24, 2.45) is 5.16 Å². The number of thiazole rings is 1. The molecule has 0 bridgehead atoms. The van der Waals surface area contributed by atoms with Crippen molar-refractivity contribution in [3.05, 3.63) is 71.2 Å². The Morgan fingerprint density at radius 3 is 2.53 bits per heavy atom. The molecular weight excluding hydrogens is 452 g/mol. The molecule has 7 nitrogen and oxygen atoms in total. The van der Waals surface area contributed by atoms with Crippen molar-refractivity contribution in [3.8, 4) is 16.3 Å². The number of rotatable bonds is 13. The number of carbonyl (C=O) groups excluding carboxylic acids is 1. The number of ether oxygens (including phenoxy) is 3. The van der Waals surface area contributed by atoms with Crippen LogP contribution in [0.5, 0.6) is 5.75 Å². The molecule has 1 heterocycles. The minimum absolute atomic E-state index is 0.213. The molecule has 0 amide bonds. The zero-order chi connectivity index (χ0) is 24.2. The summed E-state index contributed by atoms with van der Waals surface area (Å²) < 4.78 is 16.3. The molecule has 8 heteroatoms. The topological polar surface area (TPSA) is 79.2 Å². The molecule has 1 atom stereocenters. The Morgan fingerprint density at radius 1 is 1.09 bits per heavy atom. The van der Waals surface area contributed by atoms with Gasteiger partial charge in [-0.3, -0.25) is 0 Å². The van der Waals surface area contributed by atoms with Crippen LogP contribution in [0, 0.1) is 0 Å². The van der Waals surface area contributed by atoms with Gasteiger partial charge in [0.25, 0.3) is 0 Å². The highest BCUT2D eigenvalue weighted by atomic mass is 32.1. The lowest BCUT2D eigenvalue weighted by atomic mass is 10.1. The number of aromatic nitrogens is 1. The van der Waals surface area contributed by atoms with Crippen LogP contribution in [0.3, 0.4) is 0 Å².